The third-order valence-corrected chi connectivity index (χ3v) is 2.40. The van der Waals surface area contributed by atoms with Crippen LogP contribution in [0.15, 0.2) is 0 Å². The Labute approximate surface area is 80.1 Å². The van der Waals surface area contributed by atoms with E-state index in [-0.39, 0.29) is 0 Å². The van der Waals surface area contributed by atoms with Gasteiger partial charge in [0.25, 0.3) is 0 Å². The zero-order valence-electron chi connectivity index (χ0n) is 7.73. The summed E-state index contributed by atoms with van der Waals surface area (Å²) < 4.78 is 0. The molecule has 0 radical (unpaired) electrons. The molecule has 1 saturated carbocycles. The molecule has 1 rings (SSSR count). The van der Waals surface area contributed by atoms with E-state index >= 15 is 0 Å². The lowest BCUT2D eigenvalue weighted by Gasteiger charge is -2.07. The van der Waals surface area contributed by atoms with Gasteiger partial charge in [-0.05, 0) is 37.9 Å². The van der Waals surface area contributed by atoms with Crippen LogP contribution in [0.4, 0.5) is 0 Å². The lowest BCUT2D eigenvalue weighted by atomic mass is 10.2. The van der Waals surface area contributed by atoms with E-state index in [0.29, 0.717) is 0 Å². The monoisotopic (exact) mass is 186 g/mol. The van der Waals surface area contributed by atoms with Gasteiger partial charge in [-0.25, -0.2) is 0 Å². The zero-order chi connectivity index (χ0) is 8.81. The highest BCUT2D eigenvalue weighted by Crippen LogP contribution is 2.33. The second-order valence-corrected chi connectivity index (χ2v) is 3.78. The minimum atomic E-state index is 0.799. The molecule has 0 heterocycles. The van der Waals surface area contributed by atoms with Crippen molar-refractivity contribution in [3.05, 3.63) is 0 Å². The van der Waals surface area contributed by atoms with Crippen LogP contribution in [0.3, 0.4) is 0 Å². The molecule has 0 aliphatic heterocycles. The number of hydrogen-bond donors (Lipinski definition) is 2. The Hall–Kier alpha value is -0.310. The average molecular weight is 186 g/mol. The molecule has 2 nitrogen and oxygen atoms in total. The summed E-state index contributed by atoms with van der Waals surface area (Å²) in [5, 5.41) is 7.06. The maximum atomic E-state index is 5.03. The third-order valence-electron chi connectivity index (χ3n) is 2.11. The molecule has 0 unspecified atom stereocenters. The van der Waals surface area contributed by atoms with Crippen LogP contribution in [-0.4, -0.2) is 18.2 Å². The van der Waals surface area contributed by atoms with Gasteiger partial charge < -0.3 is 10.6 Å². The van der Waals surface area contributed by atoms with Crippen LogP contribution in [0.25, 0.3) is 0 Å². The molecule has 1 fully saturated rings. The molecule has 0 amide bonds. The molecule has 0 atom stereocenters. The topological polar surface area (TPSA) is 24.1 Å². The predicted molar refractivity (Wildman–Crippen MR) is 56.2 cm³/mol. The molecule has 0 saturated heterocycles. The molecule has 0 aromatic carbocycles. The molecular formula is C9H18N2S. The molecule has 2 N–H and O–H groups in total. The summed E-state index contributed by atoms with van der Waals surface area (Å²) in [6.45, 7) is 4.00. The summed E-state index contributed by atoms with van der Waals surface area (Å²) in [7, 11) is 0. The number of hydrogen-bond acceptors (Lipinski definition) is 1. The maximum absolute atomic E-state index is 5.03. The lowest BCUT2D eigenvalue weighted by Crippen LogP contribution is -2.35. The van der Waals surface area contributed by atoms with Crippen molar-refractivity contribution >= 4 is 17.3 Å². The second-order valence-electron chi connectivity index (χ2n) is 3.37. The smallest absolute Gasteiger partial charge is 0.166 e. The third kappa shape index (κ3) is 4.54. The van der Waals surface area contributed by atoms with Crippen molar-refractivity contribution < 1.29 is 0 Å². The quantitative estimate of drug-likeness (QED) is 0.504. The van der Waals surface area contributed by atoms with Crippen LogP contribution < -0.4 is 10.6 Å². The molecular weight excluding hydrogens is 168 g/mol. The SMILES string of the molecule is CCNC(=S)NCCCC1CC1. The standard InChI is InChI=1S/C9H18N2S/c1-2-10-9(12)11-7-3-4-8-5-6-8/h8H,2-7H2,1H3,(H2,10,11,12). The summed E-state index contributed by atoms with van der Waals surface area (Å²) in [5.74, 6) is 1.04. The molecule has 0 aromatic rings. The van der Waals surface area contributed by atoms with Crippen LogP contribution in [0, 0.1) is 5.92 Å². The van der Waals surface area contributed by atoms with E-state index in [1.54, 1.807) is 0 Å². The minimum Gasteiger partial charge on any atom is -0.363 e. The maximum Gasteiger partial charge on any atom is 0.166 e. The zero-order valence-corrected chi connectivity index (χ0v) is 8.54. The van der Waals surface area contributed by atoms with Crippen molar-refractivity contribution in [3.8, 4) is 0 Å². The van der Waals surface area contributed by atoms with Gasteiger partial charge in [0.2, 0.25) is 0 Å². The fourth-order valence-corrected chi connectivity index (χ4v) is 1.47. The fourth-order valence-electron chi connectivity index (χ4n) is 1.22. The van der Waals surface area contributed by atoms with Crippen molar-refractivity contribution in [1.29, 1.82) is 0 Å². The normalized spacial score (nSPS) is 15.8. The summed E-state index contributed by atoms with van der Waals surface area (Å²) in [6, 6.07) is 0. The van der Waals surface area contributed by atoms with Gasteiger partial charge in [-0.15, -0.1) is 0 Å². The average Bonchev–Trinajstić information content (AvgIpc) is 2.82. The van der Waals surface area contributed by atoms with Crippen LogP contribution in [-0.2, 0) is 0 Å². The second kappa shape index (κ2) is 5.36. The van der Waals surface area contributed by atoms with Gasteiger partial charge in [0.15, 0.2) is 5.11 Å². The van der Waals surface area contributed by atoms with Gasteiger partial charge in [-0.1, -0.05) is 12.8 Å². The molecule has 0 aromatic heterocycles. The Kier molecular flexibility index (Phi) is 4.36. The number of rotatable bonds is 5. The minimum absolute atomic E-state index is 0.799. The molecule has 0 spiro atoms. The van der Waals surface area contributed by atoms with Crippen molar-refractivity contribution in [2.45, 2.75) is 32.6 Å². The Morgan fingerprint density at radius 1 is 1.42 bits per heavy atom. The van der Waals surface area contributed by atoms with Crippen LogP contribution in [0.5, 0.6) is 0 Å². The molecule has 12 heavy (non-hydrogen) atoms. The van der Waals surface area contributed by atoms with Gasteiger partial charge in [-0.3, -0.25) is 0 Å². The fraction of sp³-hybridized carbons (Fsp3) is 0.889. The van der Waals surface area contributed by atoms with Crippen molar-refractivity contribution in [2.24, 2.45) is 5.92 Å². The lowest BCUT2D eigenvalue weighted by molar-refractivity contribution is 0.649. The number of thiocarbonyl (C=S) groups is 1. The first-order valence-corrected chi connectivity index (χ1v) is 5.25. The summed E-state index contributed by atoms with van der Waals surface area (Å²) in [6.07, 6.45) is 5.55. The van der Waals surface area contributed by atoms with E-state index in [1.165, 1.54) is 25.7 Å². The molecule has 0 bridgehead atoms. The van der Waals surface area contributed by atoms with Crippen molar-refractivity contribution in [2.75, 3.05) is 13.1 Å². The first-order valence-electron chi connectivity index (χ1n) is 4.84. The Morgan fingerprint density at radius 3 is 2.75 bits per heavy atom. The first-order chi connectivity index (χ1) is 5.83. The summed E-state index contributed by atoms with van der Waals surface area (Å²) in [4.78, 5) is 0. The molecule has 1 aliphatic carbocycles. The van der Waals surface area contributed by atoms with E-state index < -0.39 is 0 Å². The van der Waals surface area contributed by atoms with Gasteiger partial charge in [0, 0.05) is 13.1 Å². The van der Waals surface area contributed by atoms with E-state index in [9.17, 15) is 0 Å². The Morgan fingerprint density at radius 2 is 2.17 bits per heavy atom. The van der Waals surface area contributed by atoms with Gasteiger partial charge in [0.05, 0.1) is 0 Å². The van der Waals surface area contributed by atoms with E-state index in [2.05, 4.69) is 17.6 Å². The van der Waals surface area contributed by atoms with E-state index in [1.807, 2.05) is 0 Å². The van der Waals surface area contributed by atoms with Crippen LogP contribution >= 0.6 is 12.2 Å². The van der Waals surface area contributed by atoms with E-state index in [0.717, 1.165) is 24.1 Å². The van der Waals surface area contributed by atoms with Crippen LogP contribution in [0.2, 0.25) is 0 Å². The molecule has 70 valence electrons. The first kappa shape index (κ1) is 9.78. The van der Waals surface area contributed by atoms with Crippen molar-refractivity contribution in [3.63, 3.8) is 0 Å². The summed E-state index contributed by atoms with van der Waals surface area (Å²) >= 11 is 5.03. The van der Waals surface area contributed by atoms with Gasteiger partial charge in [0.1, 0.15) is 0 Å². The highest BCUT2D eigenvalue weighted by molar-refractivity contribution is 7.80. The summed E-state index contributed by atoms with van der Waals surface area (Å²) in [5.41, 5.74) is 0. The molecule has 1 aliphatic rings. The highest BCUT2D eigenvalue weighted by Gasteiger charge is 2.19. The van der Waals surface area contributed by atoms with Gasteiger partial charge in [-0.2, -0.15) is 0 Å². The largest absolute Gasteiger partial charge is 0.363 e. The number of nitrogens with one attached hydrogen (secondary N) is 2. The van der Waals surface area contributed by atoms with Gasteiger partial charge >= 0.3 is 0 Å². The highest BCUT2D eigenvalue weighted by atomic mass is 32.1. The van der Waals surface area contributed by atoms with E-state index in [4.69, 9.17) is 12.2 Å². The van der Waals surface area contributed by atoms with Crippen LogP contribution in [0.1, 0.15) is 32.6 Å². The predicted octanol–water partition coefficient (Wildman–Crippen LogP) is 1.66. The molecule has 3 heteroatoms. The van der Waals surface area contributed by atoms with Crippen molar-refractivity contribution in [1.82, 2.24) is 10.6 Å². The Bertz CT molecular complexity index is 143. The Balaban J connectivity index is 1.83.